The van der Waals surface area contributed by atoms with Crippen molar-refractivity contribution in [1.29, 1.82) is 0 Å². The summed E-state index contributed by atoms with van der Waals surface area (Å²) in [6.07, 6.45) is 0.894. The van der Waals surface area contributed by atoms with E-state index in [1.807, 2.05) is 18.2 Å². The normalized spacial score (nSPS) is 17.1. The highest BCUT2D eigenvalue weighted by molar-refractivity contribution is 5.93. The Morgan fingerprint density at radius 3 is 2.55 bits per heavy atom. The van der Waals surface area contributed by atoms with Gasteiger partial charge in [0.2, 0.25) is 0 Å². The van der Waals surface area contributed by atoms with Gasteiger partial charge in [-0.3, -0.25) is 4.90 Å². The molecule has 2 aliphatic rings. The number of fused-ring (bicyclic) bond motifs is 1. The molecule has 2 aromatic rings. The number of hydrogen-bond donors (Lipinski definition) is 2. The Morgan fingerprint density at radius 2 is 1.74 bits per heavy atom. The van der Waals surface area contributed by atoms with Gasteiger partial charge in [0, 0.05) is 44.4 Å². The molecule has 0 bridgehead atoms. The lowest BCUT2D eigenvalue weighted by Crippen LogP contribution is -2.35. The summed E-state index contributed by atoms with van der Waals surface area (Å²) in [5.74, 6) is 2.31. The summed E-state index contributed by atoms with van der Waals surface area (Å²) in [6.45, 7) is 9.33. The van der Waals surface area contributed by atoms with Crippen LogP contribution in [0.1, 0.15) is 24.5 Å². The van der Waals surface area contributed by atoms with E-state index in [1.54, 1.807) is 0 Å². The van der Waals surface area contributed by atoms with E-state index in [4.69, 9.17) is 19.2 Å². The van der Waals surface area contributed by atoms with E-state index < -0.39 is 0 Å². The highest BCUT2D eigenvalue weighted by Gasteiger charge is 2.13. The van der Waals surface area contributed by atoms with Crippen molar-refractivity contribution in [3.63, 3.8) is 0 Å². The number of aliphatic imine (C=N–C) groups is 1. The van der Waals surface area contributed by atoms with Gasteiger partial charge in [0.15, 0.2) is 17.5 Å². The predicted molar refractivity (Wildman–Crippen MR) is 123 cm³/mol. The van der Waals surface area contributed by atoms with Gasteiger partial charge >= 0.3 is 0 Å². The maximum atomic E-state index is 5.81. The van der Waals surface area contributed by atoms with E-state index in [0.29, 0.717) is 19.8 Å². The second-order valence-corrected chi connectivity index (χ2v) is 7.69. The number of nitrogens with zero attached hydrogens (tertiary/aromatic N) is 2. The molecule has 0 radical (unpaired) electrons. The average molecular weight is 425 g/mol. The number of hydrogen-bond acceptors (Lipinski definition) is 5. The van der Waals surface area contributed by atoms with E-state index in [-0.39, 0.29) is 0 Å². The highest BCUT2D eigenvalue weighted by Crippen LogP contribution is 2.32. The molecule has 0 spiro atoms. The van der Waals surface area contributed by atoms with Gasteiger partial charge in [0.05, 0.1) is 33.0 Å². The zero-order chi connectivity index (χ0) is 21.3. The zero-order valence-corrected chi connectivity index (χ0v) is 18.2. The molecule has 31 heavy (non-hydrogen) atoms. The molecule has 0 unspecified atom stereocenters. The molecular formula is C24H32N4O3. The van der Waals surface area contributed by atoms with Gasteiger partial charge < -0.3 is 24.8 Å². The lowest BCUT2D eigenvalue weighted by molar-refractivity contribution is 0.0341. The molecule has 7 nitrogen and oxygen atoms in total. The standard InChI is InChI=1S/C24H32N4O3/c1-2-25-24(27-21-8-9-22-23(16-21)31-13-5-12-30-22)26-17-19-6-3-4-7-20(19)18-28-10-14-29-15-11-28/h3-4,6-9,16H,2,5,10-15,17-18H2,1H3,(H2,25,26,27). The molecule has 0 aliphatic carbocycles. The van der Waals surface area contributed by atoms with Crippen molar-refractivity contribution in [3.8, 4) is 11.5 Å². The third-order valence-electron chi connectivity index (χ3n) is 5.38. The number of rotatable bonds is 6. The minimum absolute atomic E-state index is 0.612. The Labute approximate surface area is 184 Å². The van der Waals surface area contributed by atoms with E-state index in [9.17, 15) is 0 Å². The first-order valence-corrected chi connectivity index (χ1v) is 11.1. The van der Waals surface area contributed by atoms with Crippen molar-refractivity contribution >= 4 is 11.6 Å². The second-order valence-electron chi connectivity index (χ2n) is 7.69. The fourth-order valence-corrected chi connectivity index (χ4v) is 3.72. The summed E-state index contributed by atoms with van der Waals surface area (Å²) in [5.41, 5.74) is 3.48. The van der Waals surface area contributed by atoms with Crippen molar-refractivity contribution in [2.45, 2.75) is 26.4 Å². The first-order chi connectivity index (χ1) is 15.3. The average Bonchev–Trinajstić information content (AvgIpc) is 3.04. The lowest BCUT2D eigenvalue weighted by Gasteiger charge is -2.27. The maximum Gasteiger partial charge on any atom is 0.196 e. The minimum atomic E-state index is 0.612. The van der Waals surface area contributed by atoms with E-state index in [1.165, 1.54) is 11.1 Å². The molecule has 4 rings (SSSR count). The van der Waals surface area contributed by atoms with Crippen LogP contribution in [0.25, 0.3) is 0 Å². The number of benzene rings is 2. The molecule has 0 atom stereocenters. The fourth-order valence-electron chi connectivity index (χ4n) is 3.72. The van der Waals surface area contributed by atoms with Gasteiger partial charge in [0.25, 0.3) is 0 Å². The van der Waals surface area contributed by atoms with Gasteiger partial charge in [-0.05, 0) is 30.2 Å². The van der Waals surface area contributed by atoms with Gasteiger partial charge in [0.1, 0.15) is 0 Å². The predicted octanol–water partition coefficient (Wildman–Crippen LogP) is 3.26. The van der Waals surface area contributed by atoms with Gasteiger partial charge in [-0.2, -0.15) is 0 Å². The molecule has 0 aromatic heterocycles. The molecule has 2 aliphatic heterocycles. The lowest BCUT2D eigenvalue weighted by atomic mass is 10.1. The van der Waals surface area contributed by atoms with Gasteiger partial charge in [-0.15, -0.1) is 0 Å². The summed E-state index contributed by atoms with van der Waals surface area (Å²) >= 11 is 0. The van der Waals surface area contributed by atoms with E-state index in [0.717, 1.165) is 69.0 Å². The summed E-state index contributed by atoms with van der Waals surface area (Å²) in [6, 6.07) is 14.5. The second kappa shape index (κ2) is 11.0. The summed E-state index contributed by atoms with van der Waals surface area (Å²) in [5, 5.41) is 6.73. The van der Waals surface area contributed by atoms with Crippen LogP contribution in [0.5, 0.6) is 11.5 Å². The van der Waals surface area contributed by atoms with Crippen LogP contribution < -0.4 is 20.1 Å². The van der Waals surface area contributed by atoms with Crippen molar-refractivity contribution in [3.05, 3.63) is 53.6 Å². The van der Waals surface area contributed by atoms with Crippen LogP contribution >= 0.6 is 0 Å². The number of morpholine rings is 1. The Hall–Kier alpha value is -2.77. The Balaban J connectivity index is 1.45. The zero-order valence-electron chi connectivity index (χ0n) is 18.2. The number of nitrogens with one attached hydrogen (secondary N) is 2. The monoisotopic (exact) mass is 424 g/mol. The first kappa shape index (κ1) is 21.5. The summed E-state index contributed by atoms with van der Waals surface area (Å²) in [4.78, 5) is 7.28. The molecule has 2 aromatic carbocycles. The maximum absolute atomic E-state index is 5.81. The molecule has 0 amide bonds. The molecule has 166 valence electrons. The third-order valence-corrected chi connectivity index (χ3v) is 5.38. The first-order valence-electron chi connectivity index (χ1n) is 11.1. The number of anilines is 1. The summed E-state index contributed by atoms with van der Waals surface area (Å²) < 4.78 is 17.0. The van der Waals surface area contributed by atoms with Crippen LogP contribution in [-0.4, -0.2) is 56.9 Å². The van der Waals surface area contributed by atoms with Crippen LogP contribution in [0.4, 0.5) is 5.69 Å². The minimum Gasteiger partial charge on any atom is -0.490 e. The van der Waals surface area contributed by atoms with Crippen molar-refractivity contribution in [1.82, 2.24) is 10.2 Å². The SMILES string of the molecule is CCNC(=NCc1ccccc1CN1CCOCC1)Nc1ccc2c(c1)OCCCO2. The van der Waals surface area contributed by atoms with Crippen LogP contribution in [0.2, 0.25) is 0 Å². The summed E-state index contributed by atoms with van der Waals surface area (Å²) in [7, 11) is 0. The van der Waals surface area contributed by atoms with Crippen LogP contribution in [-0.2, 0) is 17.8 Å². The third kappa shape index (κ3) is 6.12. The highest BCUT2D eigenvalue weighted by atomic mass is 16.5. The number of guanidine groups is 1. The molecule has 7 heteroatoms. The van der Waals surface area contributed by atoms with E-state index >= 15 is 0 Å². The van der Waals surface area contributed by atoms with Crippen LogP contribution in [0.15, 0.2) is 47.5 Å². The largest absolute Gasteiger partial charge is 0.490 e. The molecule has 1 fully saturated rings. The smallest absolute Gasteiger partial charge is 0.196 e. The molecular weight excluding hydrogens is 392 g/mol. The fraction of sp³-hybridized carbons (Fsp3) is 0.458. The molecule has 1 saturated heterocycles. The van der Waals surface area contributed by atoms with Crippen LogP contribution in [0, 0.1) is 0 Å². The van der Waals surface area contributed by atoms with Crippen molar-refractivity contribution in [2.75, 3.05) is 51.4 Å². The van der Waals surface area contributed by atoms with Crippen molar-refractivity contribution in [2.24, 2.45) is 4.99 Å². The topological polar surface area (TPSA) is 67.4 Å². The quantitative estimate of drug-likeness (QED) is 0.548. The Morgan fingerprint density at radius 1 is 0.968 bits per heavy atom. The Kier molecular flexibility index (Phi) is 7.63. The number of ether oxygens (including phenoxy) is 3. The molecule has 0 saturated carbocycles. The van der Waals surface area contributed by atoms with Crippen molar-refractivity contribution < 1.29 is 14.2 Å². The van der Waals surface area contributed by atoms with E-state index in [2.05, 4.69) is 46.7 Å². The molecule has 2 heterocycles. The van der Waals surface area contributed by atoms with Gasteiger partial charge in [-0.1, -0.05) is 24.3 Å². The molecule has 2 N–H and O–H groups in total. The van der Waals surface area contributed by atoms with Crippen LogP contribution in [0.3, 0.4) is 0 Å². The van der Waals surface area contributed by atoms with Gasteiger partial charge in [-0.25, -0.2) is 4.99 Å². The Bertz CT molecular complexity index is 881.